The Labute approximate surface area is 128 Å². The van der Waals surface area contributed by atoms with Gasteiger partial charge in [0, 0.05) is 18.2 Å². The van der Waals surface area contributed by atoms with Crippen molar-refractivity contribution in [2.24, 2.45) is 5.92 Å². The molecule has 1 aliphatic rings. The highest BCUT2D eigenvalue weighted by atomic mass is 16.5. The van der Waals surface area contributed by atoms with Crippen molar-refractivity contribution in [3.8, 4) is 0 Å². The van der Waals surface area contributed by atoms with Crippen molar-refractivity contribution < 1.29 is 9.26 Å². The Morgan fingerprint density at radius 2 is 2.10 bits per heavy atom. The third-order valence-electron chi connectivity index (χ3n) is 4.21. The maximum absolute atomic E-state index is 6.08. The van der Waals surface area contributed by atoms with E-state index < -0.39 is 0 Å². The number of aromatic nitrogens is 1. The zero-order valence-corrected chi connectivity index (χ0v) is 13.9. The van der Waals surface area contributed by atoms with Gasteiger partial charge in [-0.15, -0.1) is 0 Å². The van der Waals surface area contributed by atoms with Gasteiger partial charge in [-0.25, -0.2) is 0 Å². The van der Waals surface area contributed by atoms with Crippen LogP contribution in [0.15, 0.2) is 10.6 Å². The Balaban J connectivity index is 1.79. The van der Waals surface area contributed by atoms with E-state index in [2.05, 4.69) is 38.2 Å². The second-order valence-corrected chi connectivity index (χ2v) is 7.19. The lowest BCUT2D eigenvalue weighted by atomic mass is 9.85. The standard InChI is InChI=1S/C17H30N2O2/c1-5-13-8-6-7-9-16(13)20-12-15-10-14(19-21-15)11-18-17(2,3)4/h10,13,16,18H,5-9,11-12H2,1-4H3. The summed E-state index contributed by atoms with van der Waals surface area (Å²) in [6.45, 7) is 9.97. The second-order valence-electron chi connectivity index (χ2n) is 7.19. The third kappa shape index (κ3) is 5.44. The first-order valence-corrected chi connectivity index (χ1v) is 8.29. The molecule has 2 unspecified atom stereocenters. The average molecular weight is 294 g/mol. The lowest BCUT2D eigenvalue weighted by Gasteiger charge is -2.30. The SMILES string of the molecule is CCC1CCCCC1OCc1cc(CNC(C)(C)C)no1. The van der Waals surface area contributed by atoms with E-state index in [-0.39, 0.29) is 5.54 Å². The minimum Gasteiger partial charge on any atom is -0.370 e. The molecule has 4 nitrogen and oxygen atoms in total. The van der Waals surface area contributed by atoms with Crippen LogP contribution in [0.25, 0.3) is 0 Å². The molecule has 2 atom stereocenters. The minimum atomic E-state index is 0.0893. The lowest BCUT2D eigenvalue weighted by Crippen LogP contribution is -2.35. The van der Waals surface area contributed by atoms with Crippen molar-refractivity contribution in [3.63, 3.8) is 0 Å². The lowest BCUT2D eigenvalue weighted by molar-refractivity contribution is -0.0298. The molecule has 0 saturated heterocycles. The molecule has 2 rings (SSSR count). The summed E-state index contributed by atoms with van der Waals surface area (Å²) >= 11 is 0. The fraction of sp³-hybridized carbons (Fsp3) is 0.824. The molecule has 0 amide bonds. The van der Waals surface area contributed by atoms with Crippen LogP contribution in [0, 0.1) is 5.92 Å². The molecular formula is C17H30N2O2. The fourth-order valence-electron chi connectivity index (χ4n) is 2.91. The monoisotopic (exact) mass is 294 g/mol. The summed E-state index contributed by atoms with van der Waals surface area (Å²) in [5.74, 6) is 1.55. The van der Waals surface area contributed by atoms with Crippen LogP contribution in [-0.2, 0) is 17.9 Å². The number of hydrogen-bond acceptors (Lipinski definition) is 4. The first kappa shape index (κ1) is 16.5. The number of ether oxygens (including phenoxy) is 1. The Hall–Kier alpha value is -0.870. The van der Waals surface area contributed by atoms with Gasteiger partial charge < -0.3 is 14.6 Å². The molecule has 0 aromatic carbocycles. The van der Waals surface area contributed by atoms with Crippen molar-refractivity contribution in [1.29, 1.82) is 0 Å². The highest BCUT2D eigenvalue weighted by molar-refractivity contribution is 5.04. The van der Waals surface area contributed by atoms with Gasteiger partial charge in [-0.1, -0.05) is 31.3 Å². The first-order valence-electron chi connectivity index (χ1n) is 8.29. The normalized spacial score (nSPS) is 23.4. The highest BCUT2D eigenvalue weighted by Gasteiger charge is 2.24. The van der Waals surface area contributed by atoms with E-state index in [1.807, 2.05) is 6.07 Å². The molecule has 1 aliphatic carbocycles. The largest absolute Gasteiger partial charge is 0.370 e. The first-order chi connectivity index (χ1) is 9.98. The van der Waals surface area contributed by atoms with E-state index in [4.69, 9.17) is 9.26 Å². The summed E-state index contributed by atoms with van der Waals surface area (Å²) < 4.78 is 11.5. The molecule has 1 fully saturated rings. The van der Waals surface area contributed by atoms with Gasteiger partial charge in [0.25, 0.3) is 0 Å². The summed E-state index contributed by atoms with van der Waals surface area (Å²) in [7, 11) is 0. The van der Waals surface area contributed by atoms with Crippen LogP contribution in [0.1, 0.15) is 71.3 Å². The number of hydrogen-bond donors (Lipinski definition) is 1. The van der Waals surface area contributed by atoms with Gasteiger partial charge in [0.15, 0.2) is 5.76 Å². The van der Waals surface area contributed by atoms with E-state index in [1.165, 1.54) is 32.1 Å². The van der Waals surface area contributed by atoms with Crippen molar-refractivity contribution in [3.05, 3.63) is 17.5 Å². The Bertz CT molecular complexity index is 423. The molecule has 1 N–H and O–H groups in total. The topological polar surface area (TPSA) is 47.3 Å². The molecular weight excluding hydrogens is 264 g/mol. The van der Waals surface area contributed by atoms with Crippen LogP contribution in [0.5, 0.6) is 0 Å². The van der Waals surface area contributed by atoms with Crippen LogP contribution < -0.4 is 5.32 Å². The summed E-state index contributed by atoms with van der Waals surface area (Å²) in [6.07, 6.45) is 6.73. The summed E-state index contributed by atoms with van der Waals surface area (Å²) in [6, 6.07) is 2.00. The Morgan fingerprint density at radius 1 is 1.33 bits per heavy atom. The summed E-state index contributed by atoms with van der Waals surface area (Å²) in [5.41, 5.74) is 1.03. The van der Waals surface area contributed by atoms with E-state index >= 15 is 0 Å². The van der Waals surface area contributed by atoms with E-state index in [9.17, 15) is 0 Å². The predicted molar refractivity (Wildman–Crippen MR) is 83.9 cm³/mol. The second kappa shape index (κ2) is 7.41. The van der Waals surface area contributed by atoms with E-state index in [1.54, 1.807) is 0 Å². The Morgan fingerprint density at radius 3 is 2.81 bits per heavy atom. The number of nitrogens with zero attached hydrogens (tertiary/aromatic N) is 1. The van der Waals surface area contributed by atoms with Crippen LogP contribution in [0.3, 0.4) is 0 Å². The van der Waals surface area contributed by atoms with E-state index in [0.29, 0.717) is 18.6 Å². The highest BCUT2D eigenvalue weighted by Crippen LogP contribution is 2.29. The van der Waals surface area contributed by atoms with E-state index in [0.717, 1.165) is 18.0 Å². The molecule has 4 heteroatoms. The maximum Gasteiger partial charge on any atom is 0.162 e. The maximum atomic E-state index is 6.08. The van der Waals surface area contributed by atoms with Gasteiger partial charge in [-0.3, -0.25) is 0 Å². The van der Waals surface area contributed by atoms with Crippen LogP contribution in [-0.4, -0.2) is 16.8 Å². The molecule has 1 saturated carbocycles. The van der Waals surface area contributed by atoms with Crippen LogP contribution in [0.2, 0.25) is 0 Å². The molecule has 0 spiro atoms. The molecule has 120 valence electrons. The van der Waals surface area contributed by atoms with Crippen LogP contribution >= 0.6 is 0 Å². The molecule has 1 aromatic rings. The van der Waals surface area contributed by atoms with Gasteiger partial charge in [0.05, 0.1) is 11.8 Å². The quantitative estimate of drug-likeness (QED) is 0.860. The molecule has 21 heavy (non-hydrogen) atoms. The molecule has 0 aliphatic heterocycles. The molecule has 1 aromatic heterocycles. The number of rotatable bonds is 6. The third-order valence-corrected chi connectivity index (χ3v) is 4.21. The van der Waals surface area contributed by atoms with Crippen molar-refractivity contribution in [2.75, 3.05) is 0 Å². The van der Waals surface area contributed by atoms with Crippen molar-refractivity contribution in [1.82, 2.24) is 10.5 Å². The summed E-state index contributed by atoms with van der Waals surface area (Å²) in [4.78, 5) is 0. The van der Waals surface area contributed by atoms with Gasteiger partial charge in [0.2, 0.25) is 0 Å². The molecule has 0 radical (unpaired) electrons. The summed E-state index contributed by atoms with van der Waals surface area (Å²) in [5, 5.41) is 7.51. The smallest absolute Gasteiger partial charge is 0.162 e. The number of nitrogens with one attached hydrogen (secondary N) is 1. The van der Waals surface area contributed by atoms with Crippen molar-refractivity contribution in [2.45, 2.75) is 84.6 Å². The van der Waals surface area contributed by atoms with Gasteiger partial charge in [-0.2, -0.15) is 0 Å². The molecule has 1 heterocycles. The molecule has 0 bridgehead atoms. The fourth-order valence-corrected chi connectivity index (χ4v) is 2.91. The van der Waals surface area contributed by atoms with Crippen LogP contribution in [0.4, 0.5) is 0 Å². The van der Waals surface area contributed by atoms with Gasteiger partial charge in [-0.05, 0) is 39.5 Å². The van der Waals surface area contributed by atoms with Gasteiger partial charge >= 0.3 is 0 Å². The Kier molecular flexibility index (Phi) is 5.82. The average Bonchev–Trinajstić information content (AvgIpc) is 2.90. The zero-order valence-electron chi connectivity index (χ0n) is 13.9. The predicted octanol–water partition coefficient (Wildman–Crippen LogP) is 4.05. The zero-order chi connectivity index (χ0) is 15.3. The van der Waals surface area contributed by atoms with Gasteiger partial charge in [0.1, 0.15) is 6.61 Å². The minimum absolute atomic E-state index is 0.0893. The van der Waals surface area contributed by atoms with Crippen molar-refractivity contribution >= 4 is 0 Å².